The van der Waals surface area contributed by atoms with E-state index in [0.29, 0.717) is 25.9 Å². The molecule has 1 heterocycles. The van der Waals surface area contributed by atoms with Crippen molar-refractivity contribution >= 4 is 24.2 Å². The summed E-state index contributed by atoms with van der Waals surface area (Å²) in [7, 11) is 1.57. The number of carbonyl (C=O) groups excluding carboxylic acids is 2. The van der Waals surface area contributed by atoms with Crippen molar-refractivity contribution in [3.63, 3.8) is 0 Å². The van der Waals surface area contributed by atoms with Crippen LogP contribution in [0, 0.1) is 0 Å². The van der Waals surface area contributed by atoms with Gasteiger partial charge >= 0.3 is 0 Å². The first-order valence-electron chi connectivity index (χ1n) is 8.01. The summed E-state index contributed by atoms with van der Waals surface area (Å²) < 4.78 is 5.45. The van der Waals surface area contributed by atoms with E-state index in [-0.39, 0.29) is 30.6 Å². The maximum absolute atomic E-state index is 12.3. The van der Waals surface area contributed by atoms with Gasteiger partial charge in [-0.2, -0.15) is 0 Å². The lowest BCUT2D eigenvalue weighted by molar-refractivity contribution is -0.146. The number of hydrogen-bond acceptors (Lipinski definition) is 4. The molecule has 0 bridgehead atoms. The lowest BCUT2D eigenvalue weighted by Crippen LogP contribution is -2.54. The Labute approximate surface area is 149 Å². The number of nitrogens with one attached hydrogen (secondary N) is 3. The van der Waals surface area contributed by atoms with E-state index >= 15 is 0 Å². The first kappa shape index (κ1) is 20.4. The number of benzene rings is 1. The summed E-state index contributed by atoms with van der Waals surface area (Å²) in [6, 6.07) is 9.73. The second-order valence-corrected chi connectivity index (χ2v) is 5.72. The van der Waals surface area contributed by atoms with E-state index in [4.69, 9.17) is 4.74 Å². The Kier molecular flexibility index (Phi) is 8.74. The lowest BCUT2D eigenvalue weighted by Gasteiger charge is -2.34. The molecular weight excluding hydrogens is 330 g/mol. The zero-order valence-corrected chi connectivity index (χ0v) is 14.8. The third kappa shape index (κ3) is 5.78. The lowest BCUT2D eigenvalue weighted by atomic mass is 9.91. The van der Waals surface area contributed by atoms with Gasteiger partial charge in [0.05, 0.1) is 0 Å². The summed E-state index contributed by atoms with van der Waals surface area (Å²) in [5.41, 5.74) is 0.295. The van der Waals surface area contributed by atoms with E-state index in [9.17, 15) is 9.59 Å². The highest BCUT2D eigenvalue weighted by molar-refractivity contribution is 5.86. The summed E-state index contributed by atoms with van der Waals surface area (Å²) in [4.78, 5) is 24.1. The second-order valence-electron chi connectivity index (χ2n) is 5.72. The minimum Gasteiger partial charge on any atom is -0.368 e. The summed E-state index contributed by atoms with van der Waals surface area (Å²) in [5.74, 6) is -0.205. The molecule has 0 aromatic heterocycles. The van der Waals surface area contributed by atoms with Crippen LogP contribution < -0.4 is 16.0 Å². The fraction of sp³-hybridized carbons (Fsp3) is 0.529. The molecule has 1 aromatic rings. The van der Waals surface area contributed by atoms with Crippen molar-refractivity contribution < 1.29 is 14.3 Å². The molecule has 1 fully saturated rings. The number of hydrogen-bond donors (Lipinski definition) is 3. The molecule has 0 aliphatic carbocycles. The molecular formula is C17H26ClN3O3. The number of piperidine rings is 1. The number of ether oxygens (including phenoxy) is 1. The van der Waals surface area contributed by atoms with Crippen LogP contribution >= 0.6 is 12.4 Å². The normalized spacial score (nSPS) is 15.9. The van der Waals surface area contributed by atoms with Crippen LogP contribution in [0.4, 0.5) is 0 Å². The van der Waals surface area contributed by atoms with Crippen molar-refractivity contribution in [1.82, 2.24) is 16.0 Å². The van der Waals surface area contributed by atoms with Crippen molar-refractivity contribution in [1.29, 1.82) is 0 Å². The van der Waals surface area contributed by atoms with Gasteiger partial charge in [0, 0.05) is 26.6 Å². The molecule has 1 aliphatic heterocycles. The predicted octanol–water partition coefficient (Wildman–Crippen LogP) is 1.000. The summed E-state index contributed by atoms with van der Waals surface area (Å²) in [5, 5.41) is 8.88. The zero-order chi connectivity index (χ0) is 16.5. The largest absolute Gasteiger partial charge is 0.368 e. The van der Waals surface area contributed by atoms with Gasteiger partial charge in [-0.05, 0) is 31.5 Å². The zero-order valence-electron chi connectivity index (χ0n) is 14.0. The Hall–Kier alpha value is -1.63. The van der Waals surface area contributed by atoms with Crippen LogP contribution in [0.25, 0.3) is 0 Å². The van der Waals surface area contributed by atoms with E-state index in [1.54, 1.807) is 7.11 Å². The van der Waals surface area contributed by atoms with Gasteiger partial charge in [0.15, 0.2) is 0 Å². The topological polar surface area (TPSA) is 79.5 Å². The third-order valence-corrected chi connectivity index (χ3v) is 4.19. The SMILES string of the molecule is COC1(C(=O)NCCC(=O)NCc2ccccc2)CCNCC1.Cl. The first-order valence-corrected chi connectivity index (χ1v) is 8.01. The Bertz CT molecular complexity index is 519. The second kappa shape index (κ2) is 10.3. The molecule has 1 aliphatic rings. The molecule has 0 unspecified atom stereocenters. The highest BCUT2D eigenvalue weighted by Gasteiger charge is 2.39. The van der Waals surface area contributed by atoms with Gasteiger partial charge in [-0.25, -0.2) is 0 Å². The molecule has 24 heavy (non-hydrogen) atoms. The molecule has 0 atom stereocenters. The Morgan fingerprint density at radius 3 is 2.46 bits per heavy atom. The molecule has 1 saturated heterocycles. The van der Waals surface area contributed by atoms with Crippen LogP contribution in [0.5, 0.6) is 0 Å². The highest BCUT2D eigenvalue weighted by atomic mass is 35.5. The average molecular weight is 356 g/mol. The highest BCUT2D eigenvalue weighted by Crippen LogP contribution is 2.22. The van der Waals surface area contributed by atoms with Crippen LogP contribution in [0.15, 0.2) is 30.3 Å². The Morgan fingerprint density at radius 1 is 1.17 bits per heavy atom. The fourth-order valence-corrected chi connectivity index (χ4v) is 2.69. The van der Waals surface area contributed by atoms with Crippen molar-refractivity contribution in [2.75, 3.05) is 26.7 Å². The monoisotopic (exact) mass is 355 g/mol. The van der Waals surface area contributed by atoms with E-state index in [1.165, 1.54) is 0 Å². The van der Waals surface area contributed by atoms with Gasteiger partial charge < -0.3 is 20.7 Å². The van der Waals surface area contributed by atoms with E-state index < -0.39 is 5.60 Å². The molecule has 2 rings (SSSR count). The van der Waals surface area contributed by atoms with Gasteiger partial charge in [-0.3, -0.25) is 9.59 Å². The Balaban J connectivity index is 0.00000288. The quantitative estimate of drug-likeness (QED) is 0.681. The van der Waals surface area contributed by atoms with Gasteiger partial charge in [-0.1, -0.05) is 30.3 Å². The molecule has 7 heteroatoms. The number of rotatable bonds is 7. The van der Waals surface area contributed by atoms with Gasteiger partial charge in [-0.15, -0.1) is 12.4 Å². The molecule has 6 nitrogen and oxygen atoms in total. The molecule has 2 amide bonds. The van der Waals surface area contributed by atoms with Crippen LogP contribution in [0.3, 0.4) is 0 Å². The van der Waals surface area contributed by atoms with Gasteiger partial charge in [0.2, 0.25) is 5.91 Å². The maximum atomic E-state index is 12.3. The van der Waals surface area contributed by atoms with Crippen molar-refractivity contribution in [2.45, 2.75) is 31.4 Å². The average Bonchev–Trinajstić information content (AvgIpc) is 2.61. The minimum atomic E-state index is -0.758. The van der Waals surface area contributed by atoms with E-state index in [1.807, 2.05) is 30.3 Å². The molecule has 0 radical (unpaired) electrons. The smallest absolute Gasteiger partial charge is 0.252 e. The molecule has 3 N–H and O–H groups in total. The molecule has 0 spiro atoms. The summed E-state index contributed by atoms with van der Waals surface area (Å²) in [6.45, 7) is 2.34. The van der Waals surface area contributed by atoms with E-state index in [0.717, 1.165) is 18.7 Å². The number of amides is 2. The third-order valence-electron chi connectivity index (χ3n) is 4.19. The summed E-state index contributed by atoms with van der Waals surface area (Å²) >= 11 is 0. The fourth-order valence-electron chi connectivity index (χ4n) is 2.69. The standard InChI is InChI=1S/C17H25N3O3.ClH/c1-23-17(8-11-18-12-9-17)16(22)19-10-7-15(21)20-13-14-5-3-2-4-6-14;/h2-6,18H,7-13H2,1H3,(H,19,22)(H,20,21);1H. The maximum Gasteiger partial charge on any atom is 0.252 e. The number of carbonyl (C=O) groups is 2. The Morgan fingerprint density at radius 2 is 1.83 bits per heavy atom. The van der Waals surface area contributed by atoms with Crippen molar-refractivity contribution in [3.05, 3.63) is 35.9 Å². The molecule has 1 aromatic carbocycles. The minimum absolute atomic E-state index is 0. The van der Waals surface area contributed by atoms with E-state index in [2.05, 4.69) is 16.0 Å². The molecule has 0 saturated carbocycles. The molecule has 134 valence electrons. The van der Waals surface area contributed by atoms with Gasteiger partial charge in [0.25, 0.3) is 5.91 Å². The van der Waals surface area contributed by atoms with Crippen LogP contribution in [0.2, 0.25) is 0 Å². The van der Waals surface area contributed by atoms with Crippen molar-refractivity contribution in [3.8, 4) is 0 Å². The summed E-state index contributed by atoms with van der Waals surface area (Å²) in [6.07, 6.45) is 1.56. The predicted molar refractivity (Wildman–Crippen MR) is 95.0 cm³/mol. The first-order chi connectivity index (χ1) is 11.2. The van der Waals surface area contributed by atoms with Crippen LogP contribution in [-0.4, -0.2) is 44.2 Å². The number of methoxy groups -OCH3 is 1. The van der Waals surface area contributed by atoms with Crippen LogP contribution in [-0.2, 0) is 20.9 Å². The van der Waals surface area contributed by atoms with Crippen LogP contribution in [0.1, 0.15) is 24.8 Å². The van der Waals surface area contributed by atoms with Crippen molar-refractivity contribution in [2.24, 2.45) is 0 Å². The van der Waals surface area contributed by atoms with Gasteiger partial charge in [0.1, 0.15) is 5.60 Å². The number of halogens is 1.